The molecule has 1 saturated heterocycles. The van der Waals surface area contributed by atoms with Crippen LogP contribution in [-0.4, -0.2) is 46.5 Å². The van der Waals surface area contributed by atoms with E-state index >= 15 is 0 Å². The molecule has 4 atom stereocenters. The van der Waals surface area contributed by atoms with Crippen molar-refractivity contribution in [3.63, 3.8) is 0 Å². The van der Waals surface area contributed by atoms with Gasteiger partial charge in [-0.25, -0.2) is 0 Å². The number of aliphatic hydroxyl groups is 3. The van der Waals surface area contributed by atoms with Gasteiger partial charge in [0.1, 0.15) is 18.3 Å². The second-order valence-corrected chi connectivity index (χ2v) is 5.62. The number of hydrogen-bond donors (Lipinski definition) is 3. The van der Waals surface area contributed by atoms with Crippen molar-refractivity contribution in [2.24, 2.45) is 0 Å². The third-order valence-corrected chi connectivity index (χ3v) is 3.93. The Hall–Kier alpha value is -1.76. The van der Waals surface area contributed by atoms with Crippen molar-refractivity contribution in [2.75, 3.05) is 6.61 Å². The molecule has 0 saturated carbocycles. The molecule has 1 aliphatic rings. The summed E-state index contributed by atoms with van der Waals surface area (Å²) in [6, 6.07) is 18.0. The van der Waals surface area contributed by atoms with E-state index in [1.54, 1.807) is 0 Å². The lowest BCUT2D eigenvalue weighted by Crippen LogP contribution is -2.53. The molecule has 23 heavy (non-hydrogen) atoms. The summed E-state index contributed by atoms with van der Waals surface area (Å²) in [5.41, 5.74) is 3.19. The molecule has 0 aromatic heterocycles. The van der Waals surface area contributed by atoms with Crippen LogP contribution in [0.2, 0.25) is 0 Å². The average molecular weight is 316 g/mol. The van der Waals surface area contributed by atoms with Gasteiger partial charge in [0.25, 0.3) is 0 Å². The molecule has 3 N–H and O–H groups in total. The molecule has 0 amide bonds. The van der Waals surface area contributed by atoms with Crippen LogP contribution in [0.4, 0.5) is 0 Å². The van der Waals surface area contributed by atoms with E-state index in [2.05, 4.69) is 0 Å². The van der Waals surface area contributed by atoms with Crippen molar-refractivity contribution in [3.05, 3.63) is 60.2 Å². The molecule has 5 nitrogen and oxygen atoms in total. The van der Waals surface area contributed by atoms with Gasteiger partial charge >= 0.3 is 0 Å². The molecule has 0 spiro atoms. The van der Waals surface area contributed by atoms with Gasteiger partial charge in [-0.2, -0.15) is 0 Å². The van der Waals surface area contributed by atoms with E-state index in [0.717, 1.165) is 16.7 Å². The lowest BCUT2D eigenvalue weighted by Gasteiger charge is -2.34. The first-order valence-corrected chi connectivity index (χ1v) is 7.57. The maximum Gasteiger partial charge on any atom is 0.186 e. The molecule has 122 valence electrons. The standard InChI is InChI=1S/C18H20O5/c19-15-11-23-18(17(21)16(15)20)22-10-12-6-8-14(9-7-12)13-4-2-1-3-5-13/h1-9,15-21H,10-11H2/t15-,16+,17-,18-/m1/s1. The van der Waals surface area contributed by atoms with Gasteiger partial charge in [0.05, 0.1) is 13.2 Å². The fourth-order valence-electron chi connectivity index (χ4n) is 2.53. The van der Waals surface area contributed by atoms with Gasteiger partial charge in [0, 0.05) is 0 Å². The third kappa shape index (κ3) is 3.77. The van der Waals surface area contributed by atoms with Crippen molar-refractivity contribution in [2.45, 2.75) is 31.2 Å². The largest absolute Gasteiger partial charge is 0.388 e. The van der Waals surface area contributed by atoms with E-state index < -0.39 is 24.6 Å². The highest BCUT2D eigenvalue weighted by molar-refractivity contribution is 5.63. The average Bonchev–Trinajstić information content (AvgIpc) is 2.60. The molecule has 0 aliphatic carbocycles. The second kappa shape index (κ2) is 7.21. The van der Waals surface area contributed by atoms with Gasteiger partial charge in [-0.15, -0.1) is 0 Å². The van der Waals surface area contributed by atoms with Crippen LogP contribution in [0.15, 0.2) is 54.6 Å². The molecule has 3 rings (SSSR count). The summed E-state index contributed by atoms with van der Waals surface area (Å²) in [6.07, 6.45) is -4.55. The number of rotatable bonds is 4. The lowest BCUT2D eigenvalue weighted by molar-refractivity contribution is -0.273. The molecule has 0 bridgehead atoms. The summed E-state index contributed by atoms with van der Waals surface area (Å²) in [7, 11) is 0. The van der Waals surface area contributed by atoms with E-state index in [1.165, 1.54) is 0 Å². The second-order valence-electron chi connectivity index (χ2n) is 5.62. The Balaban J connectivity index is 1.59. The van der Waals surface area contributed by atoms with Crippen molar-refractivity contribution < 1.29 is 24.8 Å². The first-order valence-electron chi connectivity index (χ1n) is 7.57. The first kappa shape index (κ1) is 16.1. The Labute approximate surface area is 134 Å². The van der Waals surface area contributed by atoms with E-state index in [-0.39, 0.29) is 13.2 Å². The zero-order chi connectivity index (χ0) is 16.2. The summed E-state index contributed by atoms with van der Waals surface area (Å²) in [4.78, 5) is 0. The topological polar surface area (TPSA) is 79.2 Å². The highest BCUT2D eigenvalue weighted by atomic mass is 16.7. The van der Waals surface area contributed by atoms with Crippen molar-refractivity contribution in [1.82, 2.24) is 0 Å². The third-order valence-electron chi connectivity index (χ3n) is 3.93. The van der Waals surface area contributed by atoms with Crippen LogP contribution in [0.3, 0.4) is 0 Å². The monoisotopic (exact) mass is 316 g/mol. The maximum atomic E-state index is 9.82. The van der Waals surface area contributed by atoms with Gasteiger partial charge in [0.15, 0.2) is 6.29 Å². The van der Waals surface area contributed by atoms with Crippen LogP contribution < -0.4 is 0 Å². The quantitative estimate of drug-likeness (QED) is 0.792. The fraction of sp³-hybridized carbons (Fsp3) is 0.333. The molecule has 1 heterocycles. The van der Waals surface area contributed by atoms with Crippen LogP contribution in [0, 0.1) is 0 Å². The SMILES string of the molecule is O[C@@H]1[C@@H](O)[C@H](OCc2ccc(-c3ccccc3)cc2)OC[C@H]1O. The number of aliphatic hydroxyl groups excluding tert-OH is 3. The summed E-state index contributed by atoms with van der Waals surface area (Å²) in [5, 5.41) is 28.8. The zero-order valence-corrected chi connectivity index (χ0v) is 12.6. The van der Waals surface area contributed by atoms with Gasteiger partial charge in [-0.1, -0.05) is 54.6 Å². The van der Waals surface area contributed by atoms with Crippen molar-refractivity contribution in [3.8, 4) is 11.1 Å². The van der Waals surface area contributed by atoms with E-state index in [9.17, 15) is 15.3 Å². The van der Waals surface area contributed by atoms with Gasteiger partial charge in [-0.3, -0.25) is 0 Å². The normalized spacial score (nSPS) is 27.8. The van der Waals surface area contributed by atoms with Gasteiger partial charge in [0.2, 0.25) is 0 Å². The Morgan fingerprint density at radius 1 is 0.870 bits per heavy atom. The van der Waals surface area contributed by atoms with Crippen molar-refractivity contribution in [1.29, 1.82) is 0 Å². The summed E-state index contributed by atoms with van der Waals surface area (Å²) >= 11 is 0. The molecule has 0 radical (unpaired) electrons. The Morgan fingerprint density at radius 2 is 1.52 bits per heavy atom. The fourth-order valence-corrected chi connectivity index (χ4v) is 2.53. The Bertz CT molecular complexity index is 613. The predicted octanol–water partition coefficient (Wildman–Crippen LogP) is 1.31. The molecule has 1 fully saturated rings. The minimum Gasteiger partial charge on any atom is -0.388 e. The minimum atomic E-state index is -1.26. The lowest BCUT2D eigenvalue weighted by atomic mass is 10.0. The summed E-state index contributed by atoms with van der Waals surface area (Å²) < 4.78 is 10.7. The number of ether oxygens (including phenoxy) is 2. The van der Waals surface area contributed by atoms with Crippen molar-refractivity contribution >= 4 is 0 Å². The van der Waals surface area contributed by atoms with E-state index in [1.807, 2.05) is 54.6 Å². The van der Waals surface area contributed by atoms with Crippen LogP contribution in [0.25, 0.3) is 11.1 Å². The molecular weight excluding hydrogens is 296 g/mol. The van der Waals surface area contributed by atoms with Crippen LogP contribution in [-0.2, 0) is 16.1 Å². The molecule has 2 aromatic carbocycles. The van der Waals surface area contributed by atoms with Gasteiger partial charge < -0.3 is 24.8 Å². The predicted molar refractivity (Wildman–Crippen MR) is 84.4 cm³/mol. The highest BCUT2D eigenvalue weighted by Crippen LogP contribution is 2.21. The molecule has 2 aromatic rings. The molecule has 5 heteroatoms. The smallest absolute Gasteiger partial charge is 0.186 e. The van der Waals surface area contributed by atoms with Crippen LogP contribution in [0.1, 0.15) is 5.56 Å². The van der Waals surface area contributed by atoms with E-state index in [4.69, 9.17) is 9.47 Å². The highest BCUT2D eigenvalue weighted by Gasteiger charge is 2.38. The van der Waals surface area contributed by atoms with E-state index in [0.29, 0.717) is 0 Å². The first-order chi connectivity index (χ1) is 11.1. The maximum absolute atomic E-state index is 9.82. The van der Waals surface area contributed by atoms with Crippen LogP contribution in [0.5, 0.6) is 0 Å². The minimum absolute atomic E-state index is 0.0597. The zero-order valence-electron chi connectivity index (χ0n) is 12.6. The molecule has 1 aliphatic heterocycles. The Morgan fingerprint density at radius 3 is 2.22 bits per heavy atom. The molecule has 0 unspecified atom stereocenters. The number of benzene rings is 2. The summed E-state index contributed by atoms with van der Waals surface area (Å²) in [6.45, 7) is 0.190. The Kier molecular flexibility index (Phi) is 5.05. The van der Waals surface area contributed by atoms with Gasteiger partial charge in [-0.05, 0) is 16.7 Å². The van der Waals surface area contributed by atoms with Crippen LogP contribution >= 0.6 is 0 Å². The summed E-state index contributed by atoms with van der Waals surface area (Å²) in [5.74, 6) is 0. The molecular formula is C18H20O5. The number of hydrogen-bond acceptors (Lipinski definition) is 5.